The molecule has 2 atom stereocenters. The number of hydrogen-bond acceptors (Lipinski definition) is 4. The van der Waals surface area contributed by atoms with Gasteiger partial charge in [0.2, 0.25) is 0 Å². The van der Waals surface area contributed by atoms with Crippen molar-refractivity contribution in [2.45, 2.75) is 37.6 Å². The van der Waals surface area contributed by atoms with Crippen LogP contribution in [0.2, 0.25) is 5.02 Å². The summed E-state index contributed by atoms with van der Waals surface area (Å²) in [5.74, 6) is -2.00. The Morgan fingerprint density at radius 3 is 2.68 bits per heavy atom. The number of halogens is 4. The molecule has 0 unspecified atom stereocenters. The van der Waals surface area contributed by atoms with Gasteiger partial charge in [-0.15, -0.1) is 0 Å². The molecule has 5 nitrogen and oxygen atoms in total. The van der Waals surface area contributed by atoms with E-state index in [9.17, 15) is 23.1 Å². The van der Waals surface area contributed by atoms with Crippen molar-refractivity contribution in [3.05, 3.63) is 29.3 Å². The highest BCUT2D eigenvalue weighted by atomic mass is 35.5. The van der Waals surface area contributed by atoms with Crippen LogP contribution in [0, 0.1) is 5.92 Å². The van der Waals surface area contributed by atoms with Gasteiger partial charge in [0, 0.05) is 10.7 Å². The number of aliphatic hydroxyl groups is 1. The van der Waals surface area contributed by atoms with Crippen molar-refractivity contribution in [2.24, 2.45) is 11.0 Å². The molecular formula is C16H16ClF3N2O3. The lowest BCUT2D eigenvalue weighted by atomic mass is 9.80. The van der Waals surface area contributed by atoms with Crippen LogP contribution in [0.4, 0.5) is 13.2 Å². The second-order valence-electron chi connectivity index (χ2n) is 6.06. The summed E-state index contributed by atoms with van der Waals surface area (Å²) in [7, 11) is 0. The first-order chi connectivity index (χ1) is 11.7. The Hall–Kier alpha value is -1.80. The van der Waals surface area contributed by atoms with E-state index in [-0.39, 0.29) is 22.9 Å². The Morgan fingerprint density at radius 1 is 1.36 bits per heavy atom. The van der Waals surface area contributed by atoms with Crippen LogP contribution in [-0.4, -0.2) is 40.2 Å². The molecule has 2 aliphatic rings. The minimum Gasteiger partial charge on any atom is -0.484 e. The molecule has 1 aliphatic carbocycles. The van der Waals surface area contributed by atoms with E-state index in [1.165, 1.54) is 24.3 Å². The van der Waals surface area contributed by atoms with Crippen molar-refractivity contribution >= 4 is 23.2 Å². The van der Waals surface area contributed by atoms with E-state index in [1.54, 1.807) is 0 Å². The van der Waals surface area contributed by atoms with Crippen molar-refractivity contribution in [2.75, 3.05) is 6.61 Å². The van der Waals surface area contributed by atoms with Crippen molar-refractivity contribution < 1.29 is 27.8 Å². The van der Waals surface area contributed by atoms with E-state index >= 15 is 0 Å². The van der Waals surface area contributed by atoms with Gasteiger partial charge >= 0.3 is 6.18 Å². The summed E-state index contributed by atoms with van der Waals surface area (Å²) in [6.45, 7) is -0.677. The molecule has 0 aromatic heterocycles. The second kappa shape index (κ2) is 6.49. The lowest BCUT2D eigenvalue weighted by Gasteiger charge is -2.38. The first-order valence-electron chi connectivity index (χ1n) is 7.81. The van der Waals surface area contributed by atoms with E-state index in [0.29, 0.717) is 24.3 Å². The average molecular weight is 377 g/mol. The number of amides is 1. The summed E-state index contributed by atoms with van der Waals surface area (Å²) in [5.41, 5.74) is -3.10. The SMILES string of the molecule is O=C(COc1ccc(Cl)cc1)N1N=C2CCCC[C@@H]2[C@@]1(O)C(F)(F)F. The minimum absolute atomic E-state index is 0.136. The van der Waals surface area contributed by atoms with Crippen LogP contribution in [0.5, 0.6) is 5.75 Å². The number of fused-ring (bicyclic) bond motifs is 1. The summed E-state index contributed by atoms with van der Waals surface area (Å²) in [4.78, 5) is 12.3. The third-order valence-electron chi connectivity index (χ3n) is 4.44. The van der Waals surface area contributed by atoms with E-state index in [1.807, 2.05) is 0 Å². The Labute approximate surface area is 147 Å². The van der Waals surface area contributed by atoms with Crippen molar-refractivity contribution in [3.63, 3.8) is 0 Å². The highest BCUT2D eigenvalue weighted by Crippen LogP contribution is 2.48. The molecule has 0 saturated heterocycles. The molecule has 1 aliphatic heterocycles. The van der Waals surface area contributed by atoms with E-state index in [4.69, 9.17) is 16.3 Å². The van der Waals surface area contributed by atoms with Gasteiger partial charge in [-0.25, -0.2) is 0 Å². The first-order valence-corrected chi connectivity index (χ1v) is 8.19. The molecule has 9 heteroatoms. The van der Waals surface area contributed by atoms with Crippen LogP contribution >= 0.6 is 11.6 Å². The molecule has 0 bridgehead atoms. The van der Waals surface area contributed by atoms with Gasteiger partial charge in [0.15, 0.2) is 6.61 Å². The van der Waals surface area contributed by atoms with Gasteiger partial charge in [-0.2, -0.15) is 23.3 Å². The zero-order chi connectivity index (χ0) is 18.2. The number of carbonyl (C=O) groups is 1. The molecular weight excluding hydrogens is 361 g/mol. The van der Waals surface area contributed by atoms with Crippen molar-refractivity contribution in [3.8, 4) is 5.75 Å². The molecule has 1 saturated carbocycles. The molecule has 0 spiro atoms. The van der Waals surface area contributed by atoms with Gasteiger partial charge in [0.05, 0.1) is 5.92 Å². The highest BCUT2D eigenvalue weighted by Gasteiger charge is 2.68. The number of ether oxygens (including phenoxy) is 1. The maximum Gasteiger partial charge on any atom is 0.439 e. The predicted molar refractivity (Wildman–Crippen MR) is 84.2 cm³/mol. The van der Waals surface area contributed by atoms with E-state index < -0.39 is 30.3 Å². The predicted octanol–water partition coefficient (Wildman–Crippen LogP) is 3.36. The lowest BCUT2D eigenvalue weighted by Crippen LogP contribution is -2.62. The third-order valence-corrected chi connectivity index (χ3v) is 4.70. The van der Waals surface area contributed by atoms with Gasteiger partial charge in [-0.05, 0) is 43.5 Å². The molecule has 1 heterocycles. The summed E-state index contributed by atoms with van der Waals surface area (Å²) in [6.07, 6.45) is -3.31. The number of hydrogen-bond donors (Lipinski definition) is 1. The molecule has 136 valence electrons. The zero-order valence-corrected chi connectivity index (χ0v) is 13.8. The van der Waals surface area contributed by atoms with Gasteiger partial charge in [0.1, 0.15) is 5.75 Å². The fraction of sp³-hybridized carbons (Fsp3) is 0.500. The van der Waals surface area contributed by atoms with E-state index in [2.05, 4.69) is 5.10 Å². The highest BCUT2D eigenvalue weighted by molar-refractivity contribution is 6.30. The molecule has 1 aromatic rings. The Bertz CT molecular complexity index is 693. The van der Waals surface area contributed by atoms with E-state index in [0.717, 1.165) is 0 Å². The largest absolute Gasteiger partial charge is 0.484 e. The van der Waals surface area contributed by atoms with Crippen LogP contribution in [0.1, 0.15) is 25.7 Å². The maximum absolute atomic E-state index is 13.6. The summed E-state index contributed by atoms with van der Waals surface area (Å²) in [6, 6.07) is 6.03. The van der Waals surface area contributed by atoms with Crippen LogP contribution in [0.3, 0.4) is 0 Å². The molecule has 1 amide bonds. The molecule has 1 aromatic carbocycles. The van der Waals surface area contributed by atoms with Crippen LogP contribution in [0.25, 0.3) is 0 Å². The quantitative estimate of drug-likeness (QED) is 0.880. The number of benzene rings is 1. The monoisotopic (exact) mass is 376 g/mol. The smallest absolute Gasteiger partial charge is 0.439 e. The number of alkyl halides is 3. The van der Waals surface area contributed by atoms with Crippen LogP contribution in [-0.2, 0) is 4.79 Å². The minimum atomic E-state index is -5.02. The molecule has 3 rings (SSSR count). The molecule has 1 N–H and O–H groups in total. The average Bonchev–Trinajstić information content (AvgIpc) is 2.89. The normalized spacial score (nSPS) is 26.2. The van der Waals surface area contributed by atoms with Gasteiger partial charge in [0.25, 0.3) is 11.6 Å². The number of rotatable bonds is 3. The zero-order valence-electron chi connectivity index (χ0n) is 13.1. The van der Waals surface area contributed by atoms with Crippen LogP contribution < -0.4 is 4.74 Å². The fourth-order valence-electron chi connectivity index (χ4n) is 3.20. The Kier molecular flexibility index (Phi) is 4.68. The van der Waals surface area contributed by atoms with Crippen LogP contribution in [0.15, 0.2) is 29.4 Å². The Balaban J connectivity index is 1.79. The van der Waals surface area contributed by atoms with Crippen molar-refractivity contribution in [1.82, 2.24) is 5.01 Å². The summed E-state index contributed by atoms with van der Waals surface area (Å²) in [5, 5.41) is 14.8. The Morgan fingerprint density at radius 2 is 2.04 bits per heavy atom. The first kappa shape index (κ1) is 18.0. The molecule has 1 fully saturated rings. The number of hydrazone groups is 1. The molecule has 0 radical (unpaired) electrons. The summed E-state index contributed by atoms with van der Waals surface area (Å²) >= 11 is 5.73. The standard InChI is InChI=1S/C16H16ClF3N2O3/c17-10-5-7-11(8-6-10)25-9-14(23)22-15(24,16(18,19)20)12-3-1-2-4-13(12)21-22/h5-8,12,24H,1-4,9H2/t12-,15+/m0/s1. The second-order valence-corrected chi connectivity index (χ2v) is 6.50. The number of nitrogens with zero attached hydrogens (tertiary/aromatic N) is 2. The topological polar surface area (TPSA) is 62.1 Å². The fourth-order valence-corrected chi connectivity index (χ4v) is 3.33. The summed E-state index contributed by atoms with van der Waals surface area (Å²) < 4.78 is 45.9. The third kappa shape index (κ3) is 3.20. The number of carbonyl (C=O) groups excluding carboxylic acids is 1. The van der Waals surface area contributed by atoms with Gasteiger partial charge in [-0.3, -0.25) is 4.79 Å². The maximum atomic E-state index is 13.6. The van der Waals surface area contributed by atoms with Crippen molar-refractivity contribution in [1.29, 1.82) is 0 Å². The molecule has 25 heavy (non-hydrogen) atoms. The lowest BCUT2D eigenvalue weighted by molar-refractivity contribution is -0.317. The van der Waals surface area contributed by atoms with Gasteiger partial charge < -0.3 is 9.84 Å². The van der Waals surface area contributed by atoms with Gasteiger partial charge in [-0.1, -0.05) is 18.0 Å².